The Morgan fingerprint density at radius 1 is 1.04 bits per heavy atom. The van der Waals surface area contributed by atoms with Crippen LogP contribution >= 0.6 is 0 Å². The van der Waals surface area contributed by atoms with Crippen molar-refractivity contribution in [3.63, 3.8) is 0 Å². The molecule has 9 unspecified atom stereocenters. The molecular weight excluding hydrogens is 306 g/mol. The zero-order chi connectivity index (χ0) is 17.8. The van der Waals surface area contributed by atoms with E-state index in [1.165, 1.54) is 64.2 Å². The monoisotopic (exact) mass is 345 g/mol. The summed E-state index contributed by atoms with van der Waals surface area (Å²) in [4.78, 5) is 12.2. The molecular formula is C23H39NO. The van der Waals surface area contributed by atoms with Crippen LogP contribution in [0.4, 0.5) is 0 Å². The second kappa shape index (κ2) is 6.57. The summed E-state index contributed by atoms with van der Waals surface area (Å²) in [6.07, 6.45) is 14.1. The number of carbonyl (C=O) groups is 1. The summed E-state index contributed by atoms with van der Waals surface area (Å²) < 4.78 is 0. The van der Waals surface area contributed by atoms with E-state index in [1.54, 1.807) is 0 Å². The molecule has 4 saturated carbocycles. The largest absolute Gasteiger partial charge is 0.369 e. The molecule has 0 radical (unpaired) electrons. The highest BCUT2D eigenvalue weighted by molar-refractivity contribution is 5.78. The number of hydrogen-bond acceptors (Lipinski definition) is 1. The van der Waals surface area contributed by atoms with E-state index in [9.17, 15) is 4.79 Å². The van der Waals surface area contributed by atoms with Gasteiger partial charge in [-0.15, -0.1) is 0 Å². The molecule has 142 valence electrons. The molecule has 0 aromatic heterocycles. The molecule has 0 aromatic carbocycles. The average Bonchev–Trinajstić information content (AvgIpc) is 2.85. The molecule has 4 fully saturated rings. The molecule has 0 spiro atoms. The maximum atomic E-state index is 12.2. The van der Waals surface area contributed by atoms with Gasteiger partial charge in [0.25, 0.3) is 0 Å². The van der Waals surface area contributed by atoms with E-state index in [1.807, 2.05) is 0 Å². The van der Waals surface area contributed by atoms with E-state index >= 15 is 0 Å². The third kappa shape index (κ3) is 2.77. The zero-order valence-electron chi connectivity index (χ0n) is 16.7. The Hall–Kier alpha value is -0.530. The van der Waals surface area contributed by atoms with Crippen LogP contribution in [0.15, 0.2) is 0 Å². The fourth-order valence-electron chi connectivity index (χ4n) is 8.59. The standard InChI is InChI=1S/C23H39NO/c1-4-5-15-6-8-17-16(13-15)7-9-19-18(17)10-11-23(3)20(19)12-14(2)21(23)22(24)25/h14-21H,4-13H2,1-3H3,(H2,24,25). The Labute approximate surface area is 154 Å². The SMILES string of the molecule is CCCC1CCC2C(CCC3C2CCC2(C)C3CC(C)C2C(N)=O)C1. The van der Waals surface area contributed by atoms with Crippen molar-refractivity contribution >= 4 is 5.91 Å². The van der Waals surface area contributed by atoms with E-state index in [-0.39, 0.29) is 17.2 Å². The second-order valence-electron chi connectivity index (χ2n) is 10.5. The summed E-state index contributed by atoms with van der Waals surface area (Å²) in [6, 6.07) is 0. The van der Waals surface area contributed by atoms with Crippen molar-refractivity contribution in [2.24, 2.45) is 58.5 Å². The molecule has 0 heterocycles. The maximum absolute atomic E-state index is 12.2. The van der Waals surface area contributed by atoms with Crippen molar-refractivity contribution in [1.29, 1.82) is 0 Å². The Kier molecular flexibility index (Phi) is 4.69. The topological polar surface area (TPSA) is 43.1 Å². The number of hydrogen-bond donors (Lipinski definition) is 1. The van der Waals surface area contributed by atoms with E-state index in [4.69, 9.17) is 5.73 Å². The van der Waals surface area contributed by atoms with Gasteiger partial charge in [-0.3, -0.25) is 4.79 Å². The molecule has 0 bridgehead atoms. The van der Waals surface area contributed by atoms with Gasteiger partial charge in [-0.05, 0) is 91.8 Å². The molecule has 2 N–H and O–H groups in total. The van der Waals surface area contributed by atoms with E-state index in [0.717, 1.165) is 35.5 Å². The summed E-state index contributed by atoms with van der Waals surface area (Å²) in [5.74, 6) is 6.22. The predicted octanol–water partition coefficient (Wildman–Crippen LogP) is 5.40. The minimum Gasteiger partial charge on any atom is -0.369 e. The zero-order valence-corrected chi connectivity index (χ0v) is 16.7. The fourth-order valence-corrected chi connectivity index (χ4v) is 8.59. The van der Waals surface area contributed by atoms with E-state index in [0.29, 0.717) is 5.92 Å². The van der Waals surface area contributed by atoms with Crippen LogP contribution in [0.1, 0.15) is 85.0 Å². The van der Waals surface area contributed by atoms with Gasteiger partial charge in [0, 0.05) is 5.92 Å². The summed E-state index contributed by atoms with van der Waals surface area (Å²) in [5.41, 5.74) is 6.05. The minimum absolute atomic E-state index is 0.0234. The number of nitrogens with two attached hydrogens (primary N) is 1. The lowest BCUT2D eigenvalue weighted by molar-refractivity contribution is -0.130. The lowest BCUT2D eigenvalue weighted by Crippen LogP contribution is -2.50. The average molecular weight is 346 g/mol. The first-order valence-corrected chi connectivity index (χ1v) is 11.2. The highest BCUT2D eigenvalue weighted by atomic mass is 16.1. The van der Waals surface area contributed by atoms with Crippen molar-refractivity contribution < 1.29 is 4.79 Å². The first kappa shape index (κ1) is 17.9. The van der Waals surface area contributed by atoms with Gasteiger partial charge in [0.2, 0.25) is 5.91 Å². The first-order valence-electron chi connectivity index (χ1n) is 11.2. The number of amides is 1. The van der Waals surface area contributed by atoms with Crippen molar-refractivity contribution in [3.8, 4) is 0 Å². The third-order valence-electron chi connectivity index (χ3n) is 9.41. The van der Waals surface area contributed by atoms with Gasteiger partial charge < -0.3 is 5.73 Å². The maximum Gasteiger partial charge on any atom is 0.221 e. The van der Waals surface area contributed by atoms with Crippen LogP contribution in [-0.4, -0.2) is 5.91 Å². The highest BCUT2D eigenvalue weighted by Crippen LogP contribution is 2.65. The van der Waals surface area contributed by atoms with Crippen LogP contribution in [0.2, 0.25) is 0 Å². The first-order chi connectivity index (χ1) is 12.0. The quantitative estimate of drug-likeness (QED) is 0.731. The second-order valence-corrected chi connectivity index (χ2v) is 10.5. The van der Waals surface area contributed by atoms with Crippen LogP contribution in [0.5, 0.6) is 0 Å². The molecule has 4 aliphatic carbocycles. The van der Waals surface area contributed by atoms with Crippen LogP contribution in [0.3, 0.4) is 0 Å². The molecule has 2 heteroatoms. The molecule has 0 aliphatic heterocycles. The number of rotatable bonds is 3. The van der Waals surface area contributed by atoms with Gasteiger partial charge in [-0.1, -0.05) is 40.0 Å². The van der Waals surface area contributed by atoms with Crippen molar-refractivity contribution in [2.45, 2.75) is 85.0 Å². The summed E-state index contributed by atoms with van der Waals surface area (Å²) in [6.45, 7) is 7.05. The summed E-state index contributed by atoms with van der Waals surface area (Å²) in [7, 11) is 0. The molecule has 0 aromatic rings. The van der Waals surface area contributed by atoms with Gasteiger partial charge in [0.1, 0.15) is 0 Å². The van der Waals surface area contributed by atoms with Crippen LogP contribution in [0.25, 0.3) is 0 Å². The molecule has 9 atom stereocenters. The molecule has 0 saturated heterocycles. The van der Waals surface area contributed by atoms with Gasteiger partial charge >= 0.3 is 0 Å². The number of fused-ring (bicyclic) bond motifs is 5. The summed E-state index contributed by atoms with van der Waals surface area (Å²) in [5, 5.41) is 0. The van der Waals surface area contributed by atoms with E-state index < -0.39 is 0 Å². The summed E-state index contributed by atoms with van der Waals surface area (Å²) >= 11 is 0. The minimum atomic E-state index is -0.0234. The lowest BCUT2D eigenvalue weighted by Gasteiger charge is -2.56. The van der Waals surface area contributed by atoms with Gasteiger partial charge in [0.15, 0.2) is 0 Å². The van der Waals surface area contributed by atoms with Crippen molar-refractivity contribution in [3.05, 3.63) is 0 Å². The van der Waals surface area contributed by atoms with Crippen LogP contribution < -0.4 is 5.73 Å². The molecule has 25 heavy (non-hydrogen) atoms. The predicted molar refractivity (Wildman–Crippen MR) is 103 cm³/mol. The van der Waals surface area contributed by atoms with Crippen LogP contribution in [-0.2, 0) is 4.79 Å². The van der Waals surface area contributed by atoms with Gasteiger partial charge in [0.05, 0.1) is 0 Å². The smallest absolute Gasteiger partial charge is 0.221 e. The van der Waals surface area contributed by atoms with Gasteiger partial charge in [-0.25, -0.2) is 0 Å². The highest BCUT2D eigenvalue weighted by Gasteiger charge is 2.60. The lowest BCUT2D eigenvalue weighted by atomic mass is 9.49. The molecule has 4 rings (SSSR count). The van der Waals surface area contributed by atoms with Crippen molar-refractivity contribution in [1.82, 2.24) is 0 Å². The molecule has 1 amide bonds. The van der Waals surface area contributed by atoms with Crippen LogP contribution in [0, 0.1) is 52.8 Å². The Bertz CT molecular complexity index is 516. The Morgan fingerprint density at radius 2 is 1.80 bits per heavy atom. The Morgan fingerprint density at radius 3 is 2.52 bits per heavy atom. The number of primary amides is 1. The third-order valence-corrected chi connectivity index (χ3v) is 9.41. The van der Waals surface area contributed by atoms with E-state index in [2.05, 4.69) is 20.8 Å². The molecule has 4 aliphatic rings. The van der Waals surface area contributed by atoms with Crippen molar-refractivity contribution in [2.75, 3.05) is 0 Å². The fraction of sp³-hybridized carbons (Fsp3) is 0.957. The molecule has 2 nitrogen and oxygen atoms in total. The number of carbonyl (C=O) groups excluding carboxylic acids is 1. The Balaban J connectivity index is 1.52. The normalized spacial score (nSPS) is 52.1. The van der Waals surface area contributed by atoms with Gasteiger partial charge in [-0.2, -0.15) is 0 Å².